The molecule has 1 aromatic carbocycles. The van der Waals surface area contributed by atoms with Crippen molar-refractivity contribution in [3.63, 3.8) is 0 Å². The average Bonchev–Trinajstić information content (AvgIpc) is 3.02. The van der Waals surface area contributed by atoms with Gasteiger partial charge in [0.15, 0.2) is 11.9 Å². The molecule has 0 saturated carbocycles. The second-order valence-electron chi connectivity index (χ2n) is 7.97. The molecule has 0 amide bonds. The molecule has 3 rings (SSSR count). The topological polar surface area (TPSA) is 158 Å². The van der Waals surface area contributed by atoms with Crippen molar-refractivity contribution in [3.05, 3.63) is 61.3 Å². The monoisotopic (exact) mass is 569 g/mol. The van der Waals surface area contributed by atoms with Crippen LogP contribution in [0.1, 0.15) is 20.1 Å². The zero-order valence-corrected chi connectivity index (χ0v) is 21.6. The molecule has 16 heteroatoms. The Labute approximate surface area is 213 Å². The van der Waals surface area contributed by atoms with E-state index in [4.69, 9.17) is 37.0 Å². The molecule has 2 heterocycles. The van der Waals surface area contributed by atoms with E-state index in [2.05, 4.69) is 9.82 Å². The van der Waals surface area contributed by atoms with Gasteiger partial charge in [0.05, 0.1) is 18.7 Å². The van der Waals surface area contributed by atoms with Gasteiger partial charge in [-0.1, -0.05) is 23.2 Å². The minimum atomic E-state index is -4.44. The summed E-state index contributed by atoms with van der Waals surface area (Å²) in [5.74, 6) is -0.912. The number of nitrogens with one attached hydrogen (secondary N) is 2. The number of aliphatic hydroxyl groups excluding tert-OH is 1. The number of aromatic nitrogens is 2. The molecule has 6 atom stereocenters. The highest BCUT2D eigenvalue weighted by Gasteiger charge is 2.56. The second-order valence-corrected chi connectivity index (χ2v) is 10.5. The molecule has 0 bridgehead atoms. The number of carbonyl (C=O) groups excluding carboxylic acids is 1. The maximum Gasteiger partial charge on any atom is 0.459 e. The lowest BCUT2D eigenvalue weighted by atomic mass is 9.98. The standard InChI is InChI=1S/C20H23Cl2FN3O9P/c1-10(17(29)32-3)25-36(31,35-13-5-4-11(21)8-12(13)22)33-9-14-16(28)20(2,23)18(34-14)26-7-6-15(27)24-19(26)30/h4-8,10,14,16,18,28H,9H2,1-3H3,(H,25,31)(H,24,27,30)/t10-,14+,16+,18+,20+,36?/m0/s1. The molecule has 1 aromatic heterocycles. The normalized spacial score (nSPS) is 26.2. The molecule has 0 aliphatic carbocycles. The Morgan fingerprint density at radius 1 is 1.39 bits per heavy atom. The van der Waals surface area contributed by atoms with Crippen molar-refractivity contribution in [2.75, 3.05) is 13.7 Å². The Balaban J connectivity index is 1.84. The van der Waals surface area contributed by atoms with E-state index < -0.39 is 61.7 Å². The summed E-state index contributed by atoms with van der Waals surface area (Å²) in [6, 6.07) is 3.83. The van der Waals surface area contributed by atoms with Crippen LogP contribution in [0.5, 0.6) is 5.75 Å². The van der Waals surface area contributed by atoms with Crippen molar-refractivity contribution in [1.29, 1.82) is 0 Å². The van der Waals surface area contributed by atoms with Gasteiger partial charge < -0.3 is 19.1 Å². The van der Waals surface area contributed by atoms with Crippen LogP contribution in [0.2, 0.25) is 10.0 Å². The van der Waals surface area contributed by atoms with Crippen molar-refractivity contribution in [1.82, 2.24) is 14.6 Å². The number of hydrogen-bond donors (Lipinski definition) is 3. The first-order valence-electron chi connectivity index (χ1n) is 10.4. The first-order chi connectivity index (χ1) is 16.8. The van der Waals surface area contributed by atoms with Gasteiger partial charge in [0.25, 0.3) is 5.56 Å². The third kappa shape index (κ3) is 6.17. The van der Waals surface area contributed by atoms with Crippen LogP contribution in [0.4, 0.5) is 4.39 Å². The fourth-order valence-corrected chi connectivity index (χ4v) is 5.39. The smallest absolute Gasteiger partial charge is 0.459 e. The highest BCUT2D eigenvalue weighted by Crippen LogP contribution is 2.49. The minimum absolute atomic E-state index is 0.0233. The van der Waals surface area contributed by atoms with E-state index in [1.165, 1.54) is 25.1 Å². The lowest BCUT2D eigenvalue weighted by Crippen LogP contribution is -2.43. The van der Waals surface area contributed by atoms with Crippen molar-refractivity contribution in [2.45, 2.75) is 44.0 Å². The van der Waals surface area contributed by atoms with Crippen molar-refractivity contribution < 1.29 is 37.4 Å². The average molecular weight is 570 g/mol. The number of carbonyl (C=O) groups is 1. The highest BCUT2D eigenvalue weighted by molar-refractivity contribution is 7.52. The van der Waals surface area contributed by atoms with Gasteiger partial charge in [0.2, 0.25) is 0 Å². The van der Waals surface area contributed by atoms with Gasteiger partial charge in [-0.3, -0.25) is 23.7 Å². The third-order valence-electron chi connectivity index (χ3n) is 5.25. The molecule has 198 valence electrons. The zero-order valence-electron chi connectivity index (χ0n) is 19.1. The third-order valence-corrected chi connectivity index (χ3v) is 7.41. The predicted molar refractivity (Wildman–Crippen MR) is 126 cm³/mol. The Bertz CT molecular complexity index is 1290. The number of aromatic amines is 1. The molecule has 1 unspecified atom stereocenters. The molecule has 0 radical (unpaired) electrons. The summed E-state index contributed by atoms with van der Waals surface area (Å²) in [5.41, 5.74) is -4.20. The van der Waals surface area contributed by atoms with Gasteiger partial charge in [0.1, 0.15) is 24.0 Å². The molecular formula is C20H23Cl2FN3O9P. The van der Waals surface area contributed by atoms with Gasteiger partial charge in [-0.2, -0.15) is 5.09 Å². The number of aliphatic hydroxyl groups is 1. The van der Waals surface area contributed by atoms with E-state index in [1.54, 1.807) is 0 Å². The molecule has 1 aliphatic heterocycles. The van der Waals surface area contributed by atoms with Gasteiger partial charge in [0, 0.05) is 17.3 Å². The molecule has 36 heavy (non-hydrogen) atoms. The van der Waals surface area contributed by atoms with Gasteiger partial charge >= 0.3 is 19.4 Å². The van der Waals surface area contributed by atoms with Gasteiger partial charge in [-0.15, -0.1) is 0 Å². The van der Waals surface area contributed by atoms with E-state index >= 15 is 4.39 Å². The predicted octanol–water partition coefficient (Wildman–Crippen LogP) is 2.18. The number of ether oxygens (including phenoxy) is 2. The summed E-state index contributed by atoms with van der Waals surface area (Å²) in [6.45, 7) is 1.60. The lowest BCUT2D eigenvalue weighted by molar-refractivity contribution is -0.142. The highest BCUT2D eigenvalue weighted by atomic mass is 35.5. The summed E-state index contributed by atoms with van der Waals surface area (Å²) in [5, 5.41) is 13.2. The van der Waals surface area contributed by atoms with E-state index in [0.717, 1.165) is 30.9 Å². The fourth-order valence-electron chi connectivity index (χ4n) is 3.37. The van der Waals surface area contributed by atoms with Crippen LogP contribution in [-0.2, 0) is 23.4 Å². The largest absolute Gasteiger partial charge is 0.468 e. The van der Waals surface area contributed by atoms with E-state index in [-0.39, 0.29) is 15.8 Å². The SMILES string of the molecule is COC(=O)[C@H](C)NP(=O)(OC[C@H]1O[C@@H](n2ccc(=O)[nH]c2=O)[C@](C)(F)[C@@H]1O)Oc1ccc(Cl)cc1Cl. The number of benzene rings is 1. The molecule has 1 aliphatic rings. The first kappa shape index (κ1) is 28.3. The van der Waals surface area contributed by atoms with Crippen LogP contribution in [0.25, 0.3) is 0 Å². The number of alkyl halides is 1. The van der Waals surface area contributed by atoms with E-state index in [0.29, 0.717) is 0 Å². The van der Waals surface area contributed by atoms with Crippen molar-refractivity contribution in [3.8, 4) is 5.75 Å². The fraction of sp³-hybridized carbons (Fsp3) is 0.450. The Morgan fingerprint density at radius 2 is 2.08 bits per heavy atom. The van der Waals surface area contributed by atoms with Crippen LogP contribution in [-0.4, -0.2) is 58.3 Å². The van der Waals surface area contributed by atoms with Crippen molar-refractivity contribution in [2.24, 2.45) is 0 Å². The van der Waals surface area contributed by atoms with E-state index in [9.17, 15) is 24.1 Å². The number of H-pyrrole nitrogens is 1. The number of hydrogen-bond acceptors (Lipinski definition) is 9. The molecule has 1 saturated heterocycles. The first-order valence-corrected chi connectivity index (χ1v) is 12.7. The zero-order chi connectivity index (χ0) is 26.8. The lowest BCUT2D eigenvalue weighted by Gasteiger charge is -2.25. The van der Waals surface area contributed by atoms with E-state index in [1.807, 2.05) is 4.98 Å². The van der Waals surface area contributed by atoms with Crippen LogP contribution < -0.4 is 20.9 Å². The summed E-state index contributed by atoms with van der Waals surface area (Å²) >= 11 is 12.0. The molecular weight excluding hydrogens is 547 g/mol. The minimum Gasteiger partial charge on any atom is -0.468 e. The quantitative estimate of drug-likeness (QED) is 0.302. The number of rotatable bonds is 9. The van der Waals surface area contributed by atoms with Gasteiger partial charge in [-0.25, -0.2) is 13.8 Å². The molecule has 12 nitrogen and oxygen atoms in total. The summed E-state index contributed by atoms with van der Waals surface area (Å²) < 4.78 is 50.7. The molecule has 3 N–H and O–H groups in total. The second kappa shape index (κ2) is 11.0. The maximum atomic E-state index is 15.4. The van der Waals surface area contributed by atoms with Crippen LogP contribution in [0.15, 0.2) is 40.1 Å². The Kier molecular flexibility index (Phi) is 8.67. The molecule has 2 aromatic rings. The van der Waals surface area contributed by atoms with Crippen LogP contribution >= 0.6 is 30.9 Å². The van der Waals surface area contributed by atoms with Crippen LogP contribution in [0, 0.1) is 0 Å². The maximum absolute atomic E-state index is 15.4. The van der Waals surface area contributed by atoms with Crippen molar-refractivity contribution >= 4 is 36.9 Å². The summed E-state index contributed by atoms with van der Waals surface area (Å²) in [6.07, 6.45) is -3.95. The van der Waals surface area contributed by atoms with Gasteiger partial charge in [-0.05, 0) is 32.0 Å². The summed E-state index contributed by atoms with van der Waals surface area (Å²) in [4.78, 5) is 37.3. The number of nitrogens with zero attached hydrogens (tertiary/aromatic N) is 1. The Hall–Kier alpha value is -2.25. The summed E-state index contributed by atoms with van der Waals surface area (Å²) in [7, 11) is -3.33. The number of methoxy groups -OCH3 is 1. The molecule has 0 spiro atoms. The van der Waals surface area contributed by atoms with Crippen LogP contribution in [0.3, 0.4) is 0 Å². The number of halogens is 3. The number of esters is 1. The Morgan fingerprint density at radius 3 is 2.69 bits per heavy atom. The molecule has 1 fully saturated rings.